The van der Waals surface area contributed by atoms with Crippen LogP contribution in [0.4, 0.5) is 4.79 Å². The molecule has 2 aliphatic rings. The SMILES string of the molecule is CCOC(=O)N1[C@@H]([C@H]2COC(C)(C)O2)[C@]1(C)[N+](=O)[O-]. The molecule has 8 nitrogen and oxygen atoms in total. The summed E-state index contributed by atoms with van der Waals surface area (Å²) < 4.78 is 15.8. The van der Waals surface area contributed by atoms with E-state index in [0.717, 1.165) is 4.90 Å². The molecule has 108 valence electrons. The molecule has 0 aromatic carbocycles. The molecule has 0 aromatic heterocycles. The summed E-state index contributed by atoms with van der Waals surface area (Å²) in [6, 6.07) is -0.664. The van der Waals surface area contributed by atoms with Crippen molar-refractivity contribution in [3.05, 3.63) is 10.1 Å². The fraction of sp³-hybridized carbons (Fsp3) is 0.909. The van der Waals surface area contributed by atoms with Gasteiger partial charge in [0, 0.05) is 6.92 Å². The van der Waals surface area contributed by atoms with E-state index in [4.69, 9.17) is 14.2 Å². The number of amides is 1. The van der Waals surface area contributed by atoms with E-state index in [9.17, 15) is 14.9 Å². The van der Waals surface area contributed by atoms with Gasteiger partial charge in [-0.3, -0.25) is 10.1 Å². The van der Waals surface area contributed by atoms with E-state index in [1.807, 2.05) is 0 Å². The third kappa shape index (κ3) is 2.14. The molecule has 0 radical (unpaired) electrons. The van der Waals surface area contributed by atoms with Crippen LogP contribution in [0.3, 0.4) is 0 Å². The Kier molecular flexibility index (Phi) is 3.18. The fourth-order valence-corrected chi connectivity index (χ4v) is 2.48. The smallest absolute Gasteiger partial charge is 0.415 e. The molecule has 0 aromatic rings. The number of rotatable bonds is 3. The molecule has 0 unspecified atom stereocenters. The number of nitrogens with zero attached hydrogens (tertiary/aromatic N) is 2. The molecule has 2 aliphatic heterocycles. The maximum Gasteiger partial charge on any atom is 0.415 e. The van der Waals surface area contributed by atoms with Crippen LogP contribution >= 0.6 is 0 Å². The minimum absolute atomic E-state index is 0.170. The first-order valence-electron chi connectivity index (χ1n) is 6.16. The van der Waals surface area contributed by atoms with Gasteiger partial charge in [0.05, 0.1) is 18.1 Å². The van der Waals surface area contributed by atoms with E-state index in [1.54, 1.807) is 20.8 Å². The molecular formula is C11H18N2O6. The largest absolute Gasteiger partial charge is 0.450 e. The number of carbonyl (C=O) groups excluding carboxylic acids is 1. The number of carbonyl (C=O) groups is 1. The molecule has 8 heteroatoms. The molecule has 2 rings (SSSR count). The molecular weight excluding hydrogens is 256 g/mol. The molecule has 2 fully saturated rings. The summed E-state index contributed by atoms with van der Waals surface area (Å²) in [5, 5.41) is 11.2. The van der Waals surface area contributed by atoms with Gasteiger partial charge in [0.25, 0.3) is 0 Å². The highest BCUT2D eigenvalue weighted by molar-refractivity contribution is 5.73. The van der Waals surface area contributed by atoms with Crippen molar-refractivity contribution >= 4 is 6.09 Å². The maximum atomic E-state index is 11.8. The Bertz CT molecular complexity index is 412. The summed E-state index contributed by atoms with van der Waals surface area (Å²) in [4.78, 5) is 23.6. The second-order valence-electron chi connectivity index (χ2n) is 5.23. The lowest BCUT2D eigenvalue weighted by atomic mass is 10.1. The number of hydrogen-bond acceptors (Lipinski definition) is 6. The van der Waals surface area contributed by atoms with Crippen molar-refractivity contribution in [1.29, 1.82) is 0 Å². The van der Waals surface area contributed by atoms with E-state index < -0.39 is 34.6 Å². The molecule has 3 atom stereocenters. The second kappa shape index (κ2) is 4.31. The Morgan fingerprint density at radius 3 is 2.58 bits per heavy atom. The molecule has 0 aliphatic carbocycles. The Hall–Kier alpha value is -1.41. The van der Waals surface area contributed by atoms with Crippen LogP contribution < -0.4 is 0 Å². The van der Waals surface area contributed by atoms with Crippen LogP contribution in [0.15, 0.2) is 0 Å². The van der Waals surface area contributed by atoms with Gasteiger partial charge in [-0.25, -0.2) is 9.69 Å². The lowest BCUT2D eigenvalue weighted by molar-refractivity contribution is -0.545. The first-order valence-corrected chi connectivity index (χ1v) is 6.16. The maximum absolute atomic E-state index is 11.8. The predicted octanol–water partition coefficient (Wildman–Crippen LogP) is 0.972. The summed E-state index contributed by atoms with van der Waals surface area (Å²) in [6.07, 6.45) is -1.21. The van der Waals surface area contributed by atoms with Crippen LogP contribution in [0.25, 0.3) is 0 Å². The zero-order chi connectivity index (χ0) is 14.4. The first kappa shape index (κ1) is 14.0. The van der Waals surface area contributed by atoms with Gasteiger partial charge in [0.15, 0.2) is 11.8 Å². The van der Waals surface area contributed by atoms with Gasteiger partial charge >= 0.3 is 11.8 Å². The predicted molar refractivity (Wildman–Crippen MR) is 63.0 cm³/mol. The first-order chi connectivity index (χ1) is 8.74. The third-order valence-corrected chi connectivity index (χ3v) is 3.48. The number of nitro groups is 1. The van der Waals surface area contributed by atoms with Crippen molar-refractivity contribution in [2.75, 3.05) is 13.2 Å². The molecule has 2 heterocycles. The minimum Gasteiger partial charge on any atom is -0.450 e. The van der Waals surface area contributed by atoms with Gasteiger partial charge in [-0.1, -0.05) is 0 Å². The fourth-order valence-electron chi connectivity index (χ4n) is 2.48. The summed E-state index contributed by atoms with van der Waals surface area (Å²) in [5.41, 5.74) is -1.49. The average Bonchev–Trinajstić information content (AvgIpc) is 2.78. The van der Waals surface area contributed by atoms with Crippen molar-refractivity contribution in [3.63, 3.8) is 0 Å². The van der Waals surface area contributed by atoms with Crippen molar-refractivity contribution in [2.24, 2.45) is 0 Å². The molecule has 2 saturated heterocycles. The molecule has 0 spiro atoms. The van der Waals surface area contributed by atoms with E-state index >= 15 is 0 Å². The number of hydrogen-bond donors (Lipinski definition) is 0. The molecule has 0 bridgehead atoms. The second-order valence-corrected chi connectivity index (χ2v) is 5.23. The molecule has 0 saturated carbocycles. The normalized spacial score (nSPS) is 36.1. The third-order valence-electron chi connectivity index (χ3n) is 3.48. The topological polar surface area (TPSA) is 90.9 Å². The van der Waals surface area contributed by atoms with Gasteiger partial charge in [-0.15, -0.1) is 0 Å². The summed E-state index contributed by atoms with van der Waals surface area (Å²) in [7, 11) is 0. The zero-order valence-electron chi connectivity index (χ0n) is 11.4. The summed E-state index contributed by atoms with van der Waals surface area (Å²) in [6.45, 7) is 6.89. The van der Waals surface area contributed by atoms with Gasteiger partial charge in [0.2, 0.25) is 0 Å². The van der Waals surface area contributed by atoms with Crippen LogP contribution in [0.5, 0.6) is 0 Å². The van der Waals surface area contributed by atoms with E-state index in [1.165, 1.54) is 6.92 Å². The lowest BCUT2D eigenvalue weighted by Crippen LogP contribution is -2.31. The van der Waals surface area contributed by atoms with Gasteiger partial charge in [-0.05, 0) is 20.8 Å². The van der Waals surface area contributed by atoms with Crippen molar-refractivity contribution in [2.45, 2.75) is 51.3 Å². The number of ether oxygens (including phenoxy) is 3. The van der Waals surface area contributed by atoms with E-state index in [2.05, 4.69) is 0 Å². The van der Waals surface area contributed by atoms with Gasteiger partial charge in [0.1, 0.15) is 6.10 Å². The highest BCUT2D eigenvalue weighted by Gasteiger charge is 2.78. The lowest BCUT2D eigenvalue weighted by Gasteiger charge is -2.16. The highest BCUT2D eigenvalue weighted by Crippen LogP contribution is 2.47. The standard InChI is InChI=1S/C11H18N2O6/c1-5-17-9(14)12-8(11(12,4)13(15)16)7-6-18-10(2,3)19-7/h7-8H,5-6H2,1-4H3/t7-,8+,11+,12?/m1/s1. The molecule has 19 heavy (non-hydrogen) atoms. The van der Waals surface area contributed by atoms with E-state index in [0.29, 0.717) is 0 Å². The highest BCUT2D eigenvalue weighted by atomic mass is 16.7. The monoisotopic (exact) mass is 274 g/mol. The zero-order valence-corrected chi connectivity index (χ0v) is 11.4. The van der Waals surface area contributed by atoms with Crippen LogP contribution in [-0.4, -0.2) is 52.7 Å². The van der Waals surface area contributed by atoms with Gasteiger partial charge in [-0.2, -0.15) is 0 Å². The van der Waals surface area contributed by atoms with E-state index in [-0.39, 0.29) is 13.2 Å². The van der Waals surface area contributed by atoms with Crippen LogP contribution in [-0.2, 0) is 14.2 Å². The Morgan fingerprint density at radius 2 is 2.16 bits per heavy atom. The van der Waals surface area contributed by atoms with Crippen LogP contribution in [0.1, 0.15) is 27.7 Å². The van der Waals surface area contributed by atoms with Crippen molar-refractivity contribution in [1.82, 2.24) is 4.90 Å². The Balaban J connectivity index is 2.15. The quantitative estimate of drug-likeness (QED) is 0.432. The van der Waals surface area contributed by atoms with Crippen LogP contribution in [0, 0.1) is 10.1 Å². The Labute approximate surface area is 110 Å². The summed E-state index contributed by atoms with van der Waals surface area (Å²) in [5.74, 6) is -0.787. The molecule has 0 N–H and O–H groups in total. The average molecular weight is 274 g/mol. The summed E-state index contributed by atoms with van der Waals surface area (Å²) >= 11 is 0. The van der Waals surface area contributed by atoms with Gasteiger partial charge < -0.3 is 14.2 Å². The van der Waals surface area contributed by atoms with Crippen molar-refractivity contribution in [3.8, 4) is 0 Å². The minimum atomic E-state index is -1.49. The van der Waals surface area contributed by atoms with Crippen molar-refractivity contribution < 1.29 is 23.9 Å². The Morgan fingerprint density at radius 1 is 1.53 bits per heavy atom. The van der Waals surface area contributed by atoms with Crippen LogP contribution in [0.2, 0.25) is 0 Å². The molecule has 1 amide bonds.